The predicted molar refractivity (Wildman–Crippen MR) is 120 cm³/mol. The van der Waals surface area contributed by atoms with Crippen molar-refractivity contribution in [2.75, 3.05) is 13.7 Å². The molecule has 170 valence electrons. The molecule has 0 radical (unpaired) electrons. The van der Waals surface area contributed by atoms with Crippen molar-refractivity contribution in [3.63, 3.8) is 0 Å². The van der Waals surface area contributed by atoms with Crippen LogP contribution in [0.5, 0.6) is 5.75 Å². The molecule has 1 aliphatic heterocycles. The van der Waals surface area contributed by atoms with Gasteiger partial charge in [0.25, 0.3) is 0 Å². The van der Waals surface area contributed by atoms with Gasteiger partial charge in [0, 0.05) is 36.2 Å². The van der Waals surface area contributed by atoms with Gasteiger partial charge in [0.05, 0.1) is 19.3 Å². The van der Waals surface area contributed by atoms with Crippen LogP contribution >= 0.6 is 0 Å². The molecule has 9 heteroatoms. The number of methoxy groups -OCH3 is 1. The zero-order valence-corrected chi connectivity index (χ0v) is 18.0. The molecule has 3 aromatic carbocycles. The number of β-amino-alcohol motifs (C(OH)–C–C–N with tert-alkyl or cyclic N) is 1. The van der Waals surface area contributed by atoms with E-state index in [0.29, 0.717) is 36.8 Å². The summed E-state index contributed by atoms with van der Waals surface area (Å²) in [6, 6.07) is 18.2. The number of aromatic nitrogens is 2. The first-order valence-electron chi connectivity index (χ1n) is 10.7. The van der Waals surface area contributed by atoms with Crippen molar-refractivity contribution in [2.24, 2.45) is 0 Å². The van der Waals surface area contributed by atoms with Gasteiger partial charge in [0.2, 0.25) is 11.7 Å². The first-order valence-corrected chi connectivity index (χ1v) is 10.7. The highest BCUT2D eigenvalue weighted by atomic mass is 16.8. The lowest BCUT2D eigenvalue weighted by atomic mass is 10.0. The quantitative estimate of drug-likeness (QED) is 0.385. The molecule has 0 bridgehead atoms. The highest BCUT2D eigenvalue weighted by molar-refractivity contribution is 5.91. The van der Waals surface area contributed by atoms with Gasteiger partial charge in [0.15, 0.2) is 5.69 Å². The van der Waals surface area contributed by atoms with Crippen molar-refractivity contribution in [3.8, 4) is 17.1 Å². The number of likely N-dealkylation sites (tertiary alicyclic amines) is 1. The van der Waals surface area contributed by atoms with Gasteiger partial charge in [-0.25, -0.2) is 5.21 Å². The number of hydrogen-bond acceptors (Lipinski definition) is 8. The average Bonchev–Trinajstić information content (AvgIpc) is 3.46. The first-order chi connectivity index (χ1) is 16.0. The summed E-state index contributed by atoms with van der Waals surface area (Å²) >= 11 is 0. The number of aliphatic hydroxyl groups is 1. The zero-order chi connectivity index (χ0) is 22.9. The van der Waals surface area contributed by atoms with Crippen LogP contribution in [0.25, 0.3) is 22.2 Å². The standard InChI is InChI=1S/C24H24N4O5/c1-32-22-10-9-16(19-7-2-3-8-20(19)22)13-27-14-18(29)12-21(27)24-25-23(26-33-24)15-5-4-6-17(11-15)28(30)31/h2-11,18,21,28-30H,12-14H2,1H3. The number of rotatable bonds is 6. The second kappa shape index (κ2) is 8.89. The Kier molecular flexibility index (Phi) is 5.79. The minimum Gasteiger partial charge on any atom is -0.595 e. The van der Waals surface area contributed by atoms with Crippen LogP contribution in [0.3, 0.4) is 0 Å². The molecule has 33 heavy (non-hydrogen) atoms. The topological polar surface area (TPSA) is 119 Å². The molecule has 1 fully saturated rings. The Morgan fingerprint density at radius 2 is 1.97 bits per heavy atom. The molecule has 3 unspecified atom stereocenters. The van der Waals surface area contributed by atoms with E-state index in [4.69, 9.17) is 9.26 Å². The summed E-state index contributed by atoms with van der Waals surface area (Å²) in [5.41, 5.74) is 1.83. The third-order valence-electron chi connectivity index (χ3n) is 6.04. The number of ether oxygens (including phenoxy) is 1. The SMILES string of the molecule is COc1ccc(CN2CC(O)CC2c2nc(-c3cccc([NH+]([O-])O)c3)no2)c2ccccc12. The van der Waals surface area contributed by atoms with Crippen molar-refractivity contribution < 1.29 is 24.8 Å². The van der Waals surface area contributed by atoms with E-state index in [-0.39, 0.29) is 11.7 Å². The Morgan fingerprint density at radius 3 is 2.76 bits per heavy atom. The van der Waals surface area contributed by atoms with Crippen molar-refractivity contribution >= 4 is 16.5 Å². The van der Waals surface area contributed by atoms with E-state index in [9.17, 15) is 15.5 Å². The largest absolute Gasteiger partial charge is 0.595 e. The van der Waals surface area contributed by atoms with Crippen LogP contribution in [0.15, 0.2) is 65.2 Å². The lowest BCUT2D eigenvalue weighted by Gasteiger charge is -2.22. The third kappa shape index (κ3) is 4.20. The zero-order valence-electron chi connectivity index (χ0n) is 18.0. The molecule has 1 aromatic heterocycles. The van der Waals surface area contributed by atoms with Crippen LogP contribution < -0.4 is 9.96 Å². The van der Waals surface area contributed by atoms with Gasteiger partial charge in [0.1, 0.15) is 5.75 Å². The Balaban J connectivity index is 1.43. The van der Waals surface area contributed by atoms with Gasteiger partial charge in [-0.3, -0.25) is 4.90 Å². The summed E-state index contributed by atoms with van der Waals surface area (Å²) in [6.45, 7) is 1.08. The molecule has 9 nitrogen and oxygen atoms in total. The van der Waals surface area contributed by atoms with Crippen LogP contribution in [0.2, 0.25) is 0 Å². The molecule has 1 saturated heterocycles. The van der Waals surface area contributed by atoms with Gasteiger partial charge >= 0.3 is 0 Å². The highest BCUT2D eigenvalue weighted by Gasteiger charge is 2.36. The molecule has 5 rings (SSSR count). The summed E-state index contributed by atoms with van der Waals surface area (Å²) in [4.78, 5) is 6.66. The molecule has 2 heterocycles. The van der Waals surface area contributed by atoms with Crippen LogP contribution in [0, 0.1) is 5.21 Å². The third-order valence-corrected chi connectivity index (χ3v) is 6.04. The molecule has 4 aromatic rings. The van der Waals surface area contributed by atoms with E-state index in [0.717, 1.165) is 22.1 Å². The molecule has 0 saturated carbocycles. The number of nitrogens with zero attached hydrogens (tertiary/aromatic N) is 3. The van der Waals surface area contributed by atoms with Gasteiger partial charge in [-0.15, -0.1) is 0 Å². The van der Waals surface area contributed by atoms with Crippen molar-refractivity contribution in [2.45, 2.75) is 25.1 Å². The number of aliphatic hydroxyl groups excluding tert-OH is 1. The highest BCUT2D eigenvalue weighted by Crippen LogP contribution is 2.36. The summed E-state index contributed by atoms with van der Waals surface area (Å²) in [6.07, 6.45) is -0.0320. The number of nitrogens with one attached hydrogen (secondary N) is 1. The lowest BCUT2D eigenvalue weighted by molar-refractivity contribution is -0.991. The number of quaternary nitrogens is 1. The van der Waals surface area contributed by atoms with E-state index in [1.807, 2.05) is 30.3 Å². The van der Waals surface area contributed by atoms with Gasteiger partial charge in [-0.1, -0.05) is 47.6 Å². The van der Waals surface area contributed by atoms with E-state index in [2.05, 4.69) is 21.1 Å². The molecular weight excluding hydrogens is 424 g/mol. The number of fused-ring (bicyclic) bond motifs is 1. The van der Waals surface area contributed by atoms with Crippen LogP contribution in [0.1, 0.15) is 23.9 Å². The number of benzene rings is 3. The van der Waals surface area contributed by atoms with E-state index >= 15 is 0 Å². The first kappa shape index (κ1) is 21.5. The Labute approximate surface area is 190 Å². The maximum absolute atomic E-state index is 11.3. The van der Waals surface area contributed by atoms with E-state index in [1.165, 1.54) is 12.1 Å². The molecule has 3 atom stereocenters. The summed E-state index contributed by atoms with van der Waals surface area (Å²) in [5.74, 6) is 1.54. The fraction of sp³-hybridized carbons (Fsp3) is 0.250. The summed E-state index contributed by atoms with van der Waals surface area (Å²) in [5, 5.41) is 36.1. The molecule has 3 N–H and O–H groups in total. The minimum absolute atomic E-state index is 0.156. The summed E-state index contributed by atoms with van der Waals surface area (Å²) < 4.78 is 11.1. The molecule has 0 amide bonds. The van der Waals surface area contributed by atoms with Gasteiger partial charge in [-0.2, -0.15) is 10.2 Å². The molecule has 1 aliphatic rings. The van der Waals surface area contributed by atoms with Gasteiger partial charge in [-0.05, 0) is 23.4 Å². The number of hydrogen-bond donors (Lipinski definition) is 3. The predicted octanol–water partition coefficient (Wildman–Crippen LogP) is 2.61. The molecular formula is C24H24N4O5. The average molecular weight is 448 g/mol. The Morgan fingerprint density at radius 1 is 1.15 bits per heavy atom. The lowest BCUT2D eigenvalue weighted by Crippen LogP contribution is -2.99. The van der Waals surface area contributed by atoms with Crippen molar-refractivity contribution in [1.82, 2.24) is 15.0 Å². The van der Waals surface area contributed by atoms with E-state index in [1.54, 1.807) is 19.2 Å². The van der Waals surface area contributed by atoms with Crippen LogP contribution in [-0.4, -0.2) is 45.1 Å². The smallest absolute Gasteiger partial charge is 0.244 e. The van der Waals surface area contributed by atoms with Gasteiger partial charge < -0.3 is 19.6 Å². The Hall–Kier alpha value is -3.34. The second-order valence-electron chi connectivity index (χ2n) is 8.15. The van der Waals surface area contributed by atoms with E-state index < -0.39 is 11.3 Å². The molecule has 0 aliphatic carbocycles. The maximum atomic E-state index is 11.3. The fourth-order valence-electron chi connectivity index (χ4n) is 4.46. The summed E-state index contributed by atoms with van der Waals surface area (Å²) in [7, 11) is 1.66. The van der Waals surface area contributed by atoms with Crippen LogP contribution in [-0.2, 0) is 6.54 Å². The molecule has 0 spiro atoms. The van der Waals surface area contributed by atoms with Crippen molar-refractivity contribution in [1.29, 1.82) is 0 Å². The monoisotopic (exact) mass is 448 g/mol. The minimum atomic E-state index is -1.02. The second-order valence-corrected chi connectivity index (χ2v) is 8.15. The van der Waals surface area contributed by atoms with Crippen molar-refractivity contribution in [3.05, 3.63) is 77.3 Å². The maximum Gasteiger partial charge on any atom is 0.244 e. The van der Waals surface area contributed by atoms with Crippen LogP contribution in [0.4, 0.5) is 5.69 Å². The normalized spacial score (nSPS) is 19.8. The fourth-order valence-corrected chi connectivity index (χ4v) is 4.46. The Bertz CT molecular complexity index is 1270.